The summed E-state index contributed by atoms with van der Waals surface area (Å²) >= 11 is 0. The standard InChI is InChI=1S/C12H23NO5S/c1-18-12(15)7-4-10-19(16,17)13-8-2-5-11(13)6-3-9-14/h11,14H,2-10H2,1H3. The average Bonchev–Trinajstić information content (AvgIpc) is 2.85. The lowest BCUT2D eigenvalue weighted by Gasteiger charge is -2.23. The van der Waals surface area contributed by atoms with Crippen LogP contribution in [-0.4, -0.2) is 55.9 Å². The highest BCUT2D eigenvalue weighted by Crippen LogP contribution is 2.25. The zero-order chi connectivity index (χ0) is 14.3. The minimum atomic E-state index is -3.30. The molecule has 1 rings (SSSR count). The minimum absolute atomic E-state index is 0.00952. The number of sulfonamides is 1. The molecule has 0 saturated carbocycles. The summed E-state index contributed by atoms with van der Waals surface area (Å²) in [5.41, 5.74) is 0. The molecule has 1 aliphatic heterocycles. The monoisotopic (exact) mass is 293 g/mol. The van der Waals surface area contributed by atoms with Gasteiger partial charge >= 0.3 is 5.97 Å². The molecule has 19 heavy (non-hydrogen) atoms. The summed E-state index contributed by atoms with van der Waals surface area (Å²) in [5, 5.41) is 8.83. The molecule has 1 aliphatic rings. The van der Waals surface area contributed by atoms with Gasteiger partial charge in [0, 0.05) is 25.6 Å². The van der Waals surface area contributed by atoms with Crippen molar-refractivity contribution < 1.29 is 23.1 Å². The maximum atomic E-state index is 12.2. The van der Waals surface area contributed by atoms with Crippen LogP contribution in [0.1, 0.15) is 38.5 Å². The molecule has 112 valence electrons. The molecule has 0 radical (unpaired) electrons. The van der Waals surface area contributed by atoms with E-state index in [1.807, 2.05) is 0 Å². The third-order valence-corrected chi connectivity index (χ3v) is 5.39. The highest BCUT2D eigenvalue weighted by atomic mass is 32.2. The topological polar surface area (TPSA) is 83.9 Å². The van der Waals surface area contributed by atoms with Gasteiger partial charge in [-0.2, -0.15) is 4.31 Å². The molecule has 1 N–H and O–H groups in total. The third-order valence-electron chi connectivity index (χ3n) is 3.39. The van der Waals surface area contributed by atoms with Gasteiger partial charge in [-0.25, -0.2) is 8.42 Å². The Morgan fingerprint density at radius 2 is 2.16 bits per heavy atom. The molecule has 0 amide bonds. The summed E-state index contributed by atoms with van der Waals surface area (Å²) in [6, 6.07) is 0.00952. The minimum Gasteiger partial charge on any atom is -0.469 e. The zero-order valence-electron chi connectivity index (χ0n) is 11.4. The second-order valence-corrected chi connectivity index (χ2v) is 6.81. The number of carbonyl (C=O) groups excluding carboxylic acids is 1. The molecule has 0 aliphatic carbocycles. The summed E-state index contributed by atoms with van der Waals surface area (Å²) in [4.78, 5) is 11.0. The molecule has 0 aromatic rings. The molecule has 1 atom stereocenters. The number of hydrogen-bond acceptors (Lipinski definition) is 5. The average molecular weight is 293 g/mol. The van der Waals surface area contributed by atoms with Gasteiger partial charge in [0.1, 0.15) is 0 Å². The third kappa shape index (κ3) is 5.08. The van der Waals surface area contributed by atoms with Crippen LogP contribution in [0.5, 0.6) is 0 Å². The van der Waals surface area contributed by atoms with Crippen molar-refractivity contribution in [3.63, 3.8) is 0 Å². The summed E-state index contributed by atoms with van der Waals surface area (Å²) < 4.78 is 30.4. The van der Waals surface area contributed by atoms with Gasteiger partial charge in [-0.1, -0.05) is 0 Å². The second kappa shape index (κ2) is 7.81. The number of nitrogens with zero attached hydrogens (tertiary/aromatic N) is 1. The lowest BCUT2D eigenvalue weighted by atomic mass is 10.1. The molecule has 1 fully saturated rings. The first-order valence-corrected chi connectivity index (χ1v) is 8.29. The lowest BCUT2D eigenvalue weighted by molar-refractivity contribution is -0.140. The van der Waals surface area contributed by atoms with Gasteiger partial charge in [-0.05, 0) is 32.1 Å². The highest BCUT2D eigenvalue weighted by molar-refractivity contribution is 7.89. The largest absolute Gasteiger partial charge is 0.469 e. The van der Waals surface area contributed by atoms with Gasteiger partial charge in [-0.3, -0.25) is 4.79 Å². The van der Waals surface area contributed by atoms with E-state index < -0.39 is 10.0 Å². The smallest absolute Gasteiger partial charge is 0.305 e. The number of rotatable bonds is 8. The van der Waals surface area contributed by atoms with E-state index in [1.54, 1.807) is 4.31 Å². The van der Waals surface area contributed by atoms with E-state index in [1.165, 1.54) is 7.11 Å². The first-order valence-electron chi connectivity index (χ1n) is 6.68. The van der Waals surface area contributed by atoms with Gasteiger partial charge in [0.2, 0.25) is 10.0 Å². The molecule has 0 spiro atoms. The van der Waals surface area contributed by atoms with Crippen LogP contribution in [0.3, 0.4) is 0 Å². The van der Waals surface area contributed by atoms with Gasteiger partial charge in [0.25, 0.3) is 0 Å². The van der Waals surface area contributed by atoms with Crippen LogP contribution >= 0.6 is 0 Å². The Morgan fingerprint density at radius 1 is 1.42 bits per heavy atom. The Hall–Kier alpha value is -0.660. The van der Waals surface area contributed by atoms with Crippen LogP contribution < -0.4 is 0 Å². The normalized spacial score (nSPS) is 20.6. The van der Waals surface area contributed by atoms with Crippen LogP contribution in [0.15, 0.2) is 0 Å². The molecule has 1 heterocycles. The molecule has 0 aromatic heterocycles. The Bertz CT molecular complexity index is 382. The van der Waals surface area contributed by atoms with Crippen molar-refractivity contribution in [2.45, 2.75) is 44.6 Å². The van der Waals surface area contributed by atoms with Crippen LogP contribution in [0, 0.1) is 0 Å². The Morgan fingerprint density at radius 3 is 2.79 bits per heavy atom. The quantitative estimate of drug-likeness (QED) is 0.659. The lowest BCUT2D eigenvalue weighted by Crippen LogP contribution is -2.37. The number of ether oxygens (including phenoxy) is 1. The number of esters is 1. The molecular formula is C12H23NO5S. The van der Waals surface area contributed by atoms with Crippen molar-refractivity contribution in [3.8, 4) is 0 Å². The number of methoxy groups -OCH3 is 1. The Kier molecular flexibility index (Phi) is 6.74. The van der Waals surface area contributed by atoms with Crippen LogP contribution in [-0.2, 0) is 19.6 Å². The summed E-state index contributed by atoms with van der Waals surface area (Å²) in [7, 11) is -2.01. The number of aliphatic hydroxyl groups excluding tert-OH is 1. The molecule has 7 heteroatoms. The first kappa shape index (κ1) is 16.4. The van der Waals surface area contributed by atoms with Gasteiger partial charge in [0.15, 0.2) is 0 Å². The van der Waals surface area contributed by atoms with Crippen LogP contribution in [0.2, 0.25) is 0 Å². The Balaban J connectivity index is 2.48. The van der Waals surface area contributed by atoms with Crippen molar-refractivity contribution in [2.75, 3.05) is 26.0 Å². The van der Waals surface area contributed by atoms with Crippen LogP contribution in [0.25, 0.3) is 0 Å². The van der Waals surface area contributed by atoms with Gasteiger partial charge in [-0.15, -0.1) is 0 Å². The fourth-order valence-electron chi connectivity index (χ4n) is 2.41. The highest BCUT2D eigenvalue weighted by Gasteiger charge is 2.33. The molecule has 0 bridgehead atoms. The van der Waals surface area contributed by atoms with Crippen molar-refractivity contribution in [1.29, 1.82) is 0 Å². The van der Waals surface area contributed by atoms with E-state index in [9.17, 15) is 13.2 Å². The van der Waals surface area contributed by atoms with Gasteiger partial charge < -0.3 is 9.84 Å². The first-order chi connectivity index (χ1) is 9.01. The van der Waals surface area contributed by atoms with E-state index in [-0.39, 0.29) is 37.2 Å². The molecule has 1 saturated heterocycles. The predicted molar refractivity (Wildman–Crippen MR) is 71.1 cm³/mol. The number of aliphatic hydroxyl groups is 1. The van der Waals surface area contributed by atoms with Crippen molar-refractivity contribution in [3.05, 3.63) is 0 Å². The van der Waals surface area contributed by atoms with E-state index in [0.717, 1.165) is 12.8 Å². The summed E-state index contributed by atoms with van der Waals surface area (Å²) in [6.07, 6.45) is 3.47. The van der Waals surface area contributed by atoms with E-state index in [0.29, 0.717) is 19.4 Å². The fraction of sp³-hybridized carbons (Fsp3) is 0.917. The van der Waals surface area contributed by atoms with E-state index >= 15 is 0 Å². The van der Waals surface area contributed by atoms with Crippen LogP contribution in [0.4, 0.5) is 0 Å². The predicted octanol–water partition coefficient (Wildman–Crippen LogP) is 0.506. The number of carbonyl (C=O) groups is 1. The molecular weight excluding hydrogens is 270 g/mol. The molecule has 0 aromatic carbocycles. The number of hydrogen-bond donors (Lipinski definition) is 1. The maximum absolute atomic E-state index is 12.2. The molecule has 1 unspecified atom stereocenters. The van der Waals surface area contributed by atoms with Crippen molar-refractivity contribution >= 4 is 16.0 Å². The second-order valence-electron chi connectivity index (χ2n) is 4.77. The zero-order valence-corrected chi connectivity index (χ0v) is 12.2. The van der Waals surface area contributed by atoms with Gasteiger partial charge in [0.05, 0.1) is 12.9 Å². The maximum Gasteiger partial charge on any atom is 0.305 e. The summed E-state index contributed by atoms with van der Waals surface area (Å²) in [6.45, 7) is 0.642. The van der Waals surface area contributed by atoms with E-state index in [4.69, 9.17) is 5.11 Å². The SMILES string of the molecule is COC(=O)CCCS(=O)(=O)N1CCCC1CCCO. The van der Waals surface area contributed by atoms with Crippen molar-refractivity contribution in [1.82, 2.24) is 4.31 Å². The Labute approximate surface area is 114 Å². The molecule has 6 nitrogen and oxygen atoms in total. The fourth-order valence-corrected chi connectivity index (χ4v) is 4.22. The summed E-state index contributed by atoms with van der Waals surface area (Å²) in [5.74, 6) is -0.397. The van der Waals surface area contributed by atoms with Crippen molar-refractivity contribution in [2.24, 2.45) is 0 Å². The van der Waals surface area contributed by atoms with E-state index in [2.05, 4.69) is 4.74 Å².